The number of rotatable bonds is 4. The fraction of sp³-hybridized carbons (Fsp3) is 0.667. The highest BCUT2D eigenvalue weighted by atomic mass is 16.4. The van der Waals surface area contributed by atoms with Gasteiger partial charge in [0.05, 0.1) is 0 Å². The lowest BCUT2D eigenvalue weighted by Gasteiger charge is -2.17. The second kappa shape index (κ2) is 4.16. The number of hydrogen-bond donors (Lipinski definition) is 1. The van der Waals surface area contributed by atoms with Crippen molar-refractivity contribution in [3.8, 4) is 0 Å². The van der Waals surface area contributed by atoms with Crippen LogP contribution < -0.4 is 0 Å². The van der Waals surface area contributed by atoms with Crippen LogP contribution in [0, 0.1) is 5.41 Å². The van der Waals surface area contributed by atoms with Crippen molar-refractivity contribution < 1.29 is 9.90 Å². The second-order valence-electron chi connectivity index (χ2n) is 3.41. The van der Waals surface area contributed by atoms with Gasteiger partial charge in [0.1, 0.15) is 0 Å². The molecule has 2 heteroatoms. The molecule has 0 aliphatic heterocycles. The molecule has 0 amide bonds. The van der Waals surface area contributed by atoms with E-state index in [0.717, 1.165) is 12.8 Å². The Morgan fingerprint density at radius 3 is 2.45 bits per heavy atom. The average molecular weight is 156 g/mol. The van der Waals surface area contributed by atoms with Gasteiger partial charge >= 0.3 is 5.97 Å². The molecular weight excluding hydrogens is 140 g/mol. The minimum Gasteiger partial charge on any atom is -0.478 e. The van der Waals surface area contributed by atoms with Crippen LogP contribution in [-0.4, -0.2) is 11.1 Å². The predicted molar refractivity (Wildman–Crippen MR) is 45.5 cm³/mol. The van der Waals surface area contributed by atoms with Gasteiger partial charge in [-0.1, -0.05) is 33.3 Å². The zero-order chi connectivity index (χ0) is 8.91. The molecule has 1 N–H and O–H groups in total. The van der Waals surface area contributed by atoms with E-state index in [1.807, 2.05) is 13.8 Å². The summed E-state index contributed by atoms with van der Waals surface area (Å²) < 4.78 is 0. The highest BCUT2D eigenvalue weighted by Gasteiger charge is 2.11. The monoisotopic (exact) mass is 156 g/mol. The Morgan fingerprint density at radius 1 is 1.55 bits per heavy atom. The molecule has 0 bridgehead atoms. The maximum atomic E-state index is 10.2. The molecule has 0 aromatic heterocycles. The Kier molecular flexibility index (Phi) is 3.86. The third kappa shape index (κ3) is 5.64. The molecule has 0 aliphatic rings. The maximum absolute atomic E-state index is 10.2. The van der Waals surface area contributed by atoms with E-state index >= 15 is 0 Å². The fourth-order valence-electron chi connectivity index (χ4n) is 1.02. The Labute approximate surface area is 67.9 Å². The lowest BCUT2D eigenvalue weighted by Crippen LogP contribution is -2.07. The number of carbonyl (C=O) groups is 1. The van der Waals surface area contributed by atoms with Gasteiger partial charge in [-0.05, 0) is 11.8 Å². The summed E-state index contributed by atoms with van der Waals surface area (Å²) in [6, 6.07) is 0. The smallest absolute Gasteiger partial charge is 0.327 e. The van der Waals surface area contributed by atoms with Crippen molar-refractivity contribution in [2.75, 3.05) is 0 Å². The molecule has 0 spiro atoms. The minimum atomic E-state index is -0.867. The first-order valence-electron chi connectivity index (χ1n) is 3.90. The molecule has 0 aromatic rings. The Balaban J connectivity index is 3.99. The number of hydrogen-bond acceptors (Lipinski definition) is 1. The van der Waals surface area contributed by atoms with Gasteiger partial charge in [-0.2, -0.15) is 0 Å². The van der Waals surface area contributed by atoms with Crippen LogP contribution in [-0.2, 0) is 4.79 Å². The SMILES string of the molecule is CCCC(C)(C)C=CC(=O)O. The highest BCUT2D eigenvalue weighted by molar-refractivity contribution is 5.79. The van der Waals surface area contributed by atoms with E-state index < -0.39 is 5.97 Å². The van der Waals surface area contributed by atoms with E-state index in [2.05, 4.69) is 6.92 Å². The van der Waals surface area contributed by atoms with Crippen LogP contribution in [0.5, 0.6) is 0 Å². The van der Waals surface area contributed by atoms with E-state index in [4.69, 9.17) is 5.11 Å². The predicted octanol–water partition coefficient (Wildman–Crippen LogP) is 2.45. The minimum absolute atomic E-state index is 0.0210. The van der Waals surface area contributed by atoms with Crippen LogP contribution in [0.3, 0.4) is 0 Å². The van der Waals surface area contributed by atoms with Crippen LogP contribution in [0.15, 0.2) is 12.2 Å². The van der Waals surface area contributed by atoms with Crippen molar-refractivity contribution in [3.63, 3.8) is 0 Å². The molecule has 0 heterocycles. The van der Waals surface area contributed by atoms with E-state index in [1.54, 1.807) is 6.08 Å². The summed E-state index contributed by atoms with van der Waals surface area (Å²) in [7, 11) is 0. The topological polar surface area (TPSA) is 37.3 Å². The summed E-state index contributed by atoms with van der Waals surface area (Å²) in [6.07, 6.45) is 5.07. The second-order valence-corrected chi connectivity index (χ2v) is 3.41. The first kappa shape index (κ1) is 10.2. The Morgan fingerprint density at radius 2 is 2.09 bits per heavy atom. The fourth-order valence-corrected chi connectivity index (χ4v) is 1.02. The van der Waals surface area contributed by atoms with Crippen molar-refractivity contribution in [3.05, 3.63) is 12.2 Å². The van der Waals surface area contributed by atoms with Gasteiger partial charge in [0, 0.05) is 6.08 Å². The third-order valence-corrected chi connectivity index (χ3v) is 1.57. The van der Waals surface area contributed by atoms with Gasteiger partial charge < -0.3 is 5.11 Å². The van der Waals surface area contributed by atoms with E-state index in [1.165, 1.54) is 6.08 Å². The van der Waals surface area contributed by atoms with Gasteiger partial charge in [-0.15, -0.1) is 0 Å². The standard InChI is InChI=1S/C9H16O2/c1-4-6-9(2,3)7-5-8(10)11/h5,7H,4,6H2,1-3H3,(H,10,11). The van der Waals surface area contributed by atoms with Gasteiger partial charge in [0.2, 0.25) is 0 Å². The number of allylic oxidation sites excluding steroid dienone is 1. The molecular formula is C9H16O2. The maximum Gasteiger partial charge on any atom is 0.327 e. The van der Waals surface area contributed by atoms with Crippen LogP contribution in [0.25, 0.3) is 0 Å². The highest BCUT2D eigenvalue weighted by Crippen LogP contribution is 2.23. The molecule has 0 fully saturated rings. The van der Waals surface area contributed by atoms with Crippen LogP contribution in [0.2, 0.25) is 0 Å². The van der Waals surface area contributed by atoms with Crippen LogP contribution in [0.4, 0.5) is 0 Å². The molecule has 0 radical (unpaired) electrons. The lowest BCUT2D eigenvalue weighted by molar-refractivity contribution is -0.131. The molecule has 0 aromatic carbocycles. The van der Waals surface area contributed by atoms with Crippen molar-refractivity contribution in [2.45, 2.75) is 33.6 Å². The van der Waals surface area contributed by atoms with Gasteiger partial charge in [-0.3, -0.25) is 0 Å². The van der Waals surface area contributed by atoms with Gasteiger partial charge in [0.25, 0.3) is 0 Å². The van der Waals surface area contributed by atoms with Gasteiger partial charge in [-0.25, -0.2) is 4.79 Å². The molecule has 0 saturated carbocycles. The molecule has 64 valence electrons. The third-order valence-electron chi connectivity index (χ3n) is 1.57. The summed E-state index contributed by atoms with van der Waals surface area (Å²) in [5.41, 5.74) is 0.0210. The van der Waals surface area contributed by atoms with E-state index in [-0.39, 0.29) is 5.41 Å². The normalized spacial score (nSPS) is 12.3. The van der Waals surface area contributed by atoms with Crippen molar-refractivity contribution in [1.29, 1.82) is 0 Å². The molecule has 0 saturated heterocycles. The van der Waals surface area contributed by atoms with Crippen molar-refractivity contribution >= 4 is 5.97 Å². The van der Waals surface area contributed by atoms with Crippen LogP contribution in [0.1, 0.15) is 33.6 Å². The quantitative estimate of drug-likeness (QED) is 0.635. The molecule has 2 nitrogen and oxygen atoms in total. The first-order chi connectivity index (χ1) is 4.98. The summed E-state index contributed by atoms with van der Waals surface area (Å²) >= 11 is 0. The van der Waals surface area contributed by atoms with Crippen molar-refractivity contribution in [1.82, 2.24) is 0 Å². The zero-order valence-corrected chi connectivity index (χ0v) is 7.42. The molecule has 0 unspecified atom stereocenters. The van der Waals surface area contributed by atoms with Crippen LogP contribution >= 0.6 is 0 Å². The van der Waals surface area contributed by atoms with E-state index in [9.17, 15) is 4.79 Å². The van der Waals surface area contributed by atoms with Gasteiger partial charge in [0.15, 0.2) is 0 Å². The number of aliphatic carboxylic acids is 1. The zero-order valence-electron chi connectivity index (χ0n) is 7.42. The summed E-state index contributed by atoms with van der Waals surface area (Å²) in [5.74, 6) is -0.867. The molecule has 11 heavy (non-hydrogen) atoms. The molecule has 0 atom stereocenters. The summed E-state index contributed by atoms with van der Waals surface area (Å²) in [4.78, 5) is 10.2. The summed E-state index contributed by atoms with van der Waals surface area (Å²) in [5, 5.41) is 8.36. The van der Waals surface area contributed by atoms with E-state index in [0.29, 0.717) is 0 Å². The Hall–Kier alpha value is -0.790. The number of carboxylic acids is 1. The first-order valence-corrected chi connectivity index (χ1v) is 3.90. The summed E-state index contributed by atoms with van der Waals surface area (Å²) in [6.45, 7) is 6.17. The van der Waals surface area contributed by atoms with Crippen molar-refractivity contribution in [2.24, 2.45) is 5.41 Å². The Bertz CT molecular complexity index is 157. The largest absolute Gasteiger partial charge is 0.478 e. The molecule has 0 aliphatic carbocycles. The molecule has 0 rings (SSSR count). The number of carboxylic acid groups (broad SMARTS) is 1. The average Bonchev–Trinajstić information content (AvgIpc) is 1.84. The lowest BCUT2D eigenvalue weighted by atomic mass is 9.88.